The van der Waals surface area contributed by atoms with Gasteiger partial charge in [-0.1, -0.05) is 39.0 Å². The van der Waals surface area contributed by atoms with Crippen LogP contribution in [0.15, 0.2) is 30.5 Å². The summed E-state index contributed by atoms with van der Waals surface area (Å²) in [5.41, 5.74) is 2.50. The van der Waals surface area contributed by atoms with Crippen LogP contribution in [0.2, 0.25) is 0 Å². The molecule has 0 saturated heterocycles. The monoisotopic (exact) mass is 272 g/mol. The van der Waals surface area contributed by atoms with Crippen molar-refractivity contribution in [2.45, 2.75) is 33.6 Å². The smallest absolute Gasteiger partial charge is 0.222 e. The zero-order chi connectivity index (χ0) is 14.8. The van der Waals surface area contributed by atoms with E-state index in [-0.39, 0.29) is 11.3 Å². The zero-order valence-corrected chi connectivity index (χ0v) is 12.9. The third-order valence-corrected chi connectivity index (χ3v) is 3.42. The van der Waals surface area contributed by atoms with Crippen LogP contribution in [0, 0.1) is 5.41 Å². The lowest BCUT2D eigenvalue weighted by Gasteiger charge is -2.26. The molecule has 1 amide bonds. The number of aromatic amines is 1. The van der Waals surface area contributed by atoms with Crippen LogP contribution in [0.25, 0.3) is 10.9 Å². The predicted octanol–water partition coefficient (Wildman–Crippen LogP) is 3.61. The van der Waals surface area contributed by atoms with Crippen molar-refractivity contribution < 1.29 is 4.79 Å². The molecule has 0 radical (unpaired) electrons. The van der Waals surface area contributed by atoms with Gasteiger partial charge in [-0.3, -0.25) is 4.79 Å². The average Bonchev–Trinajstić information content (AvgIpc) is 2.77. The number of hydrogen-bond acceptors (Lipinski definition) is 1. The van der Waals surface area contributed by atoms with Gasteiger partial charge in [-0.25, -0.2) is 0 Å². The Morgan fingerprint density at radius 2 is 1.95 bits per heavy atom. The lowest BCUT2D eigenvalue weighted by Crippen LogP contribution is -2.34. The van der Waals surface area contributed by atoms with Gasteiger partial charge < -0.3 is 9.88 Å². The summed E-state index contributed by atoms with van der Waals surface area (Å²) in [5, 5.41) is 1.22. The molecule has 2 aromatic rings. The molecule has 0 spiro atoms. The summed E-state index contributed by atoms with van der Waals surface area (Å²) >= 11 is 0. The van der Waals surface area contributed by atoms with Crippen molar-refractivity contribution in [3.8, 4) is 0 Å². The quantitative estimate of drug-likeness (QED) is 0.907. The van der Waals surface area contributed by atoms with E-state index in [4.69, 9.17) is 0 Å². The van der Waals surface area contributed by atoms with Crippen molar-refractivity contribution in [3.05, 3.63) is 36.0 Å². The highest BCUT2D eigenvalue weighted by Crippen LogP contribution is 2.20. The van der Waals surface area contributed by atoms with Crippen LogP contribution < -0.4 is 0 Å². The Hall–Kier alpha value is -1.77. The second-order valence-electron chi connectivity index (χ2n) is 6.67. The standard InChI is InChI=1S/C17H24N2O/c1-17(2,3)12-19(4)16(20)10-9-13-11-18-15-8-6-5-7-14(13)15/h5-8,11,18H,9-10,12H2,1-4H3. The Kier molecular flexibility index (Phi) is 4.17. The number of nitrogens with one attached hydrogen (secondary N) is 1. The molecular formula is C17H24N2O. The van der Waals surface area contributed by atoms with Gasteiger partial charge in [0.15, 0.2) is 0 Å². The maximum absolute atomic E-state index is 12.2. The van der Waals surface area contributed by atoms with E-state index in [1.165, 1.54) is 10.9 Å². The molecule has 0 saturated carbocycles. The van der Waals surface area contributed by atoms with Gasteiger partial charge in [-0.05, 0) is 23.5 Å². The van der Waals surface area contributed by atoms with Crippen LogP contribution in [0.1, 0.15) is 32.8 Å². The number of para-hydroxylation sites is 1. The van der Waals surface area contributed by atoms with Crippen LogP contribution in [0.5, 0.6) is 0 Å². The number of aryl methyl sites for hydroxylation is 1. The number of amides is 1. The van der Waals surface area contributed by atoms with E-state index < -0.39 is 0 Å². The third kappa shape index (κ3) is 3.62. The van der Waals surface area contributed by atoms with Gasteiger partial charge in [0, 0.05) is 37.1 Å². The Bertz CT molecular complexity index is 592. The minimum absolute atomic E-state index is 0.144. The summed E-state index contributed by atoms with van der Waals surface area (Å²) < 4.78 is 0. The molecule has 0 bridgehead atoms. The number of hydrogen-bond donors (Lipinski definition) is 1. The summed E-state index contributed by atoms with van der Waals surface area (Å²) in [6.45, 7) is 7.24. The van der Waals surface area contributed by atoms with Gasteiger partial charge in [0.25, 0.3) is 0 Å². The fraction of sp³-hybridized carbons (Fsp3) is 0.471. The van der Waals surface area contributed by atoms with Gasteiger partial charge >= 0.3 is 0 Å². The number of aromatic nitrogens is 1. The molecule has 0 aliphatic rings. The Balaban J connectivity index is 1.97. The van der Waals surface area contributed by atoms with E-state index in [0.717, 1.165) is 18.5 Å². The molecule has 0 fully saturated rings. The molecule has 0 aliphatic carbocycles. The molecule has 20 heavy (non-hydrogen) atoms. The molecule has 1 aromatic carbocycles. The van der Waals surface area contributed by atoms with Gasteiger partial charge in [0.2, 0.25) is 5.91 Å². The molecule has 1 aromatic heterocycles. The number of H-pyrrole nitrogens is 1. The zero-order valence-electron chi connectivity index (χ0n) is 12.9. The van der Waals surface area contributed by atoms with E-state index in [1.54, 1.807) is 0 Å². The molecular weight excluding hydrogens is 248 g/mol. The van der Waals surface area contributed by atoms with Gasteiger partial charge in [0.1, 0.15) is 0 Å². The van der Waals surface area contributed by atoms with Gasteiger partial charge in [-0.15, -0.1) is 0 Å². The van der Waals surface area contributed by atoms with Crippen LogP contribution in [-0.4, -0.2) is 29.4 Å². The molecule has 2 rings (SSSR count). The first kappa shape index (κ1) is 14.6. The first-order chi connectivity index (χ1) is 9.37. The van der Waals surface area contributed by atoms with Crippen LogP contribution >= 0.6 is 0 Å². The molecule has 1 N–H and O–H groups in total. The number of carbonyl (C=O) groups is 1. The fourth-order valence-corrected chi connectivity index (χ4v) is 2.57. The molecule has 108 valence electrons. The third-order valence-electron chi connectivity index (χ3n) is 3.42. The maximum atomic E-state index is 12.2. The summed E-state index contributed by atoms with van der Waals surface area (Å²) in [5.74, 6) is 0.213. The number of benzene rings is 1. The number of rotatable bonds is 4. The van der Waals surface area contributed by atoms with E-state index >= 15 is 0 Å². The highest BCUT2D eigenvalue weighted by Gasteiger charge is 2.17. The van der Waals surface area contributed by atoms with E-state index in [9.17, 15) is 4.79 Å². The second kappa shape index (κ2) is 5.70. The second-order valence-corrected chi connectivity index (χ2v) is 6.67. The molecule has 1 heterocycles. The number of fused-ring (bicyclic) bond motifs is 1. The van der Waals surface area contributed by atoms with Gasteiger partial charge in [0.05, 0.1) is 0 Å². The van der Waals surface area contributed by atoms with Gasteiger partial charge in [-0.2, -0.15) is 0 Å². The number of carbonyl (C=O) groups excluding carboxylic acids is 1. The van der Waals surface area contributed by atoms with Crippen molar-refractivity contribution >= 4 is 16.8 Å². The normalized spacial score (nSPS) is 11.8. The van der Waals surface area contributed by atoms with Crippen LogP contribution in [0.4, 0.5) is 0 Å². The summed E-state index contributed by atoms with van der Waals surface area (Å²) in [4.78, 5) is 17.3. The minimum atomic E-state index is 0.144. The van der Waals surface area contributed by atoms with E-state index in [0.29, 0.717) is 6.42 Å². The molecule has 3 nitrogen and oxygen atoms in total. The van der Waals surface area contributed by atoms with Crippen molar-refractivity contribution in [3.63, 3.8) is 0 Å². The van der Waals surface area contributed by atoms with Crippen LogP contribution in [-0.2, 0) is 11.2 Å². The lowest BCUT2D eigenvalue weighted by molar-refractivity contribution is -0.131. The average molecular weight is 272 g/mol. The first-order valence-electron chi connectivity index (χ1n) is 7.16. The highest BCUT2D eigenvalue weighted by atomic mass is 16.2. The predicted molar refractivity (Wildman–Crippen MR) is 83.7 cm³/mol. The Labute approximate surface area is 121 Å². The largest absolute Gasteiger partial charge is 0.361 e. The topological polar surface area (TPSA) is 36.1 Å². The summed E-state index contributed by atoms with van der Waals surface area (Å²) in [6.07, 6.45) is 3.37. The SMILES string of the molecule is CN(CC(C)(C)C)C(=O)CCc1c[nH]c2ccccc12. The number of nitrogens with zero attached hydrogens (tertiary/aromatic N) is 1. The van der Waals surface area contributed by atoms with Crippen LogP contribution in [0.3, 0.4) is 0 Å². The molecule has 0 unspecified atom stereocenters. The first-order valence-corrected chi connectivity index (χ1v) is 7.16. The van der Waals surface area contributed by atoms with E-state index in [1.807, 2.05) is 30.3 Å². The minimum Gasteiger partial charge on any atom is -0.361 e. The highest BCUT2D eigenvalue weighted by molar-refractivity contribution is 5.84. The summed E-state index contributed by atoms with van der Waals surface area (Å²) in [7, 11) is 1.89. The molecule has 0 aliphatic heterocycles. The Morgan fingerprint density at radius 3 is 2.65 bits per heavy atom. The summed E-state index contributed by atoms with van der Waals surface area (Å²) in [6, 6.07) is 8.22. The molecule has 3 heteroatoms. The lowest BCUT2D eigenvalue weighted by atomic mass is 9.96. The fourth-order valence-electron chi connectivity index (χ4n) is 2.57. The van der Waals surface area contributed by atoms with Crippen molar-refractivity contribution in [2.24, 2.45) is 5.41 Å². The Morgan fingerprint density at radius 1 is 1.25 bits per heavy atom. The molecule has 0 atom stereocenters. The van der Waals surface area contributed by atoms with E-state index in [2.05, 4.69) is 37.9 Å². The maximum Gasteiger partial charge on any atom is 0.222 e. The van der Waals surface area contributed by atoms with Crippen molar-refractivity contribution in [2.75, 3.05) is 13.6 Å². The van der Waals surface area contributed by atoms with Crippen molar-refractivity contribution in [1.82, 2.24) is 9.88 Å². The van der Waals surface area contributed by atoms with Crippen molar-refractivity contribution in [1.29, 1.82) is 0 Å².